The van der Waals surface area contributed by atoms with Gasteiger partial charge in [0.05, 0.1) is 25.0 Å². The van der Waals surface area contributed by atoms with Crippen molar-refractivity contribution < 1.29 is 18.7 Å². The van der Waals surface area contributed by atoms with E-state index in [9.17, 15) is 9.59 Å². The number of ether oxygens (including phenoxy) is 1. The van der Waals surface area contributed by atoms with Crippen LogP contribution < -0.4 is 4.74 Å². The number of likely N-dealkylation sites (N-methyl/N-ethyl adjacent to an activating group) is 1. The molecule has 1 fully saturated rings. The number of hydrogen-bond donors (Lipinski definition) is 0. The van der Waals surface area contributed by atoms with E-state index < -0.39 is 0 Å². The second-order valence-corrected chi connectivity index (χ2v) is 8.52. The van der Waals surface area contributed by atoms with Crippen LogP contribution in [0.15, 0.2) is 52.8 Å². The fourth-order valence-electron chi connectivity index (χ4n) is 3.83. The molecule has 0 aliphatic carbocycles. The predicted octanol–water partition coefficient (Wildman–Crippen LogP) is 2.84. The van der Waals surface area contributed by atoms with E-state index in [-0.39, 0.29) is 18.4 Å². The van der Waals surface area contributed by atoms with Crippen molar-refractivity contribution in [2.24, 2.45) is 5.92 Å². The Hall–Kier alpha value is -3.06. The first kappa shape index (κ1) is 21.2. The van der Waals surface area contributed by atoms with Gasteiger partial charge in [0.15, 0.2) is 0 Å². The van der Waals surface area contributed by atoms with Crippen LogP contribution in [-0.2, 0) is 16.1 Å². The smallest absolute Gasteiger partial charge is 0.278 e. The summed E-state index contributed by atoms with van der Waals surface area (Å²) in [7, 11) is 2.06. The lowest BCUT2D eigenvalue weighted by atomic mass is 10.0. The standard InChI is InChI=1S/C24H29N3O4/c1-17(2)16-31-19-8-6-18(7-9-19)21-22(26-12-10-25(3)11-13-26)24(29)27(23(21)28)15-20-5-4-14-30-20/h4-9,14,17H,10-13,15-16H2,1-3H3. The summed E-state index contributed by atoms with van der Waals surface area (Å²) in [5, 5.41) is 0. The van der Waals surface area contributed by atoms with Gasteiger partial charge in [-0.3, -0.25) is 14.5 Å². The lowest BCUT2D eigenvalue weighted by molar-refractivity contribution is -0.138. The number of carbonyl (C=O) groups excluding carboxylic acids is 2. The highest BCUT2D eigenvalue weighted by molar-refractivity contribution is 6.35. The minimum atomic E-state index is -0.286. The monoisotopic (exact) mass is 423 g/mol. The Balaban J connectivity index is 1.65. The average Bonchev–Trinajstić information content (AvgIpc) is 3.36. The molecule has 2 amide bonds. The Kier molecular flexibility index (Phi) is 6.13. The van der Waals surface area contributed by atoms with Crippen molar-refractivity contribution in [1.82, 2.24) is 14.7 Å². The van der Waals surface area contributed by atoms with Gasteiger partial charge in [0.2, 0.25) is 0 Å². The number of imide groups is 1. The van der Waals surface area contributed by atoms with Gasteiger partial charge in [-0.05, 0) is 42.8 Å². The number of carbonyl (C=O) groups is 2. The lowest BCUT2D eigenvalue weighted by Gasteiger charge is -2.34. The molecule has 2 aliphatic rings. The van der Waals surface area contributed by atoms with Crippen LogP contribution in [-0.4, -0.2) is 66.3 Å². The third kappa shape index (κ3) is 4.51. The van der Waals surface area contributed by atoms with Gasteiger partial charge in [-0.2, -0.15) is 0 Å². The van der Waals surface area contributed by atoms with Gasteiger partial charge in [-0.1, -0.05) is 26.0 Å². The summed E-state index contributed by atoms with van der Waals surface area (Å²) >= 11 is 0. The van der Waals surface area contributed by atoms with Gasteiger partial charge in [0.25, 0.3) is 11.8 Å². The van der Waals surface area contributed by atoms with E-state index in [1.54, 1.807) is 18.4 Å². The Morgan fingerprint density at radius 3 is 2.32 bits per heavy atom. The van der Waals surface area contributed by atoms with Crippen molar-refractivity contribution in [3.63, 3.8) is 0 Å². The number of piperazine rings is 1. The molecule has 1 saturated heterocycles. The molecule has 2 aliphatic heterocycles. The van der Waals surface area contributed by atoms with Crippen LogP contribution in [0.3, 0.4) is 0 Å². The second kappa shape index (κ2) is 8.98. The number of nitrogens with zero attached hydrogens (tertiary/aromatic N) is 3. The van der Waals surface area contributed by atoms with Crippen molar-refractivity contribution in [3.8, 4) is 5.75 Å². The zero-order chi connectivity index (χ0) is 22.0. The maximum Gasteiger partial charge on any atom is 0.278 e. The highest BCUT2D eigenvalue weighted by Gasteiger charge is 2.42. The molecule has 0 N–H and O–H groups in total. The van der Waals surface area contributed by atoms with Crippen molar-refractivity contribution in [1.29, 1.82) is 0 Å². The molecule has 0 radical (unpaired) electrons. The molecule has 7 nitrogen and oxygen atoms in total. The van der Waals surface area contributed by atoms with Crippen LogP contribution in [0.1, 0.15) is 25.2 Å². The first-order valence-corrected chi connectivity index (χ1v) is 10.7. The van der Waals surface area contributed by atoms with Gasteiger partial charge in [-0.15, -0.1) is 0 Å². The van der Waals surface area contributed by atoms with E-state index in [2.05, 4.69) is 25.8 Å². The molecule has 31 heavy (non-hydrogen) atoms. The van der Waals surface area contributed by atoms with Gasteiger partial charge >= 0.3 is 0 Å². The van der Waals surface area contributed by atoms with E-state index in [1.807, 2.05) is 29.2 Å². The van der Waals surface area contributed by atoms with Crippen LogP contribution in [0.2, 0.25) is 0 Å². The highest BCUT2D eigenvalue weighted by Crippen LogP contribution is 2.34. The summed E-state index contributed by atoms with van der Waals surface area (Å²) in [6, 6.07) is 11.0. The second-order valence-electron chi connectivity index (χ2n) is 8.52. The molecule has 1 aromatic carbocycles. The summed E-state index contributed by atoms with van der Waals surface area (Å²) in [5.41, 5.74) is 1.67. The highest BCUT2D eigenvalue weighted by atomic mass is 16.5. The van der Waals surface area contributed by atoms with E-state index >= 15 is 0 Å². The van der Waals surface area contributed by atoms with Crippen molar-refractivity contribution in [3.05, 3.63) is 59.7 Å². The van der Waals surface area contributed by atoms with Gasteiger partial charge in [0.1, 0.15) is 17.2 Å². The summed E-state index contributed by atoms with van der Waals surface area (Å²) in [5.74, 6) is 1.21. The molecule has 1 aromatic heterocycles. The molecular formula is C24H29N3O4. The zero-order valence-electron chi connectivity index (χ0n) is 18.3. The van der Waals surface area contributed by atoms with Crippen LogP contribution >= 0.6 is 0 Å². The van der Waals surface area contributed by atoms with E-state index in [0.29, 0.717) is 42.6 Å². The molecule has 0 bridgehead atoms. The van der Waals surface area contributed by atoms with Gasteiger partial charge in [0, 0.05) is 26.2 Å². The fourth-order valence-corrected chi connectivity index (χ4v) is 3.83. The Morgan fingerprint density at radius 2 is 1.71 bits per heavy atom. The van der Waals surface area contributed by atoms with E-state index in [4.69, 9.17) is 9.15 Å². The first-order valence-electron chi connectivity index (χ1n) is 10.7. The minimum Gasteiger partial charge on any atom is -0.493 e. The van der Waals surface area contributed by atoms with Crippen LogP contribution in [0.5, 0.6) is 5.75 Å². The van der Waals surface area contributed by atoms with Crippen molar-refractivity contribution >= 4 is 17.4 Å². The number of amides is 2. The molecule has 0 spiro atoms. The quantitative estimate of drug-likeness (QED) is 0.638. The molecular weight excluding hydrogens is 394 g/mol. The Morgan fingerprint density at radius 1 is 1.00 bits per heavy atom. The molecule has 0 atom stereocenters. The molecule has 7 heteroatoms. The Labute approximate surface area is 182 Å². The predicted molar refractivity (Wildman–Crippen MR) is 117 cm³/mol. The zero-order valence-corrected chi connectivity index (χ0v) is 18.3. The lowest BCUT2D eigenvalue weighted by Crippen LogP contribution is -2.45. The molecule has 3 heterocycles. The summed E-state index contributed by atoms with van der Waals surface area (Å²) in [4.78, 5) is 32.3. The first-order chi connectivity index (χ1) is 14.9. The van der Waals surface area contributed by atoms with Crippen molar-refractivity contribution in [2.75, 3.05) is 39.8 Å². The maximum absolute atomic E-state index is 13.4. The van der Waals surface area contributed by atoms with E-state index in [0.717, 1.165) is 24.4 Å². The summed E-state index contributed by atoms with van der Waals surface area (Å²) in [6.07, 6.45) is 1.55. The normalized spacial score (nSPS) is 17.9. The maximum atomic E-state index is 13.4. The molecule has 4 rings (SSSR count). The molecule has 0 saturated carbocycles. The van der Waals surface area contributed by atoms with Gasteiger partial charge in [-0.25, -0.2) is 0 Å². The fraction of sp³-hybridized carbons (Fsp3) is 0.417. The van der Waals surface area contributed by atoms with Gasteiger partial charge < -0.3 is 19.0 Å². The summed E-state index contributed by atoms with van der Waals surface area (Å²) in [6.45, 7) is 8.05. The van der Waals surface area contributed by atoms with Crippen LogP contribution in [0.25, 0.3) is 5.57 Å². The third-order valence-corrected chi connectivity index (χ3v) is 5.58. The Bertz CT molecular complexity index is 955. The minimum absolute atomic E-state index is 0.126. The number of rotatable bonds is 7. The SMILES string of the molecule is CC(C)COc1ccc(C2=C(N3CCN(C)CC3)C(=O)N(Cc3ccco3)C2=O)cc1. The van der Waals surface area contributed by atoms with Crippen LogP contribution in [0, 0.1) is 5.92 Å². The third-order valence-electron chi connectivity index (χ3n) is 5.58. The average molecular weight is 424 g/mol. The summed E-state index contributed by atoms with van der Waals surface area (Å²) < 4.78 is 11.2. The number of furan rings is 1. The van der Waals surface area contributed by atoms with Crippen LogP contribution in [0.4, 0.5) is 0 Å². The largest absolute Gasteiger partial charge is 0.493 e. The topological polar surface area (TPSA) is 66.2 Å². The number of hydrogen-bond acceptors (Lipinski definition) is 6. The number of benzene rings is 1. The molecule has 0 unspecified atom stereocenters. The van der Waals surface area contributed by atoms with Crippen molar-refractivity contribution in [2.45, 2.75) is 20.4 Å². The molecule has 2 aromatic rings. The van der Waals surface area contributed by atoms with E-state index in [1.165, 1.54) is 4.90 Å². The molecule has 164 valence electrons.